The number of nitrogens with zero attached hydrogens (tertiary/aromatic N) is 1. The van der Waals surface area contributed by atoms with Crippen molar-refractivity contribution in [1.82, 2.24) is 5.43 Å². The van der Waals surface area contributed by atoms with E-state index in [4.69, 9.17) is 44.9 Å². The fourth-order valence-corrected chi connectivity index (χ4v) is 3.47. The molecule has 0 aliphatic heterocycles. The molecule has 0 radical (unpaired) electrons. The van der Waals surface area contributed by atoms with Crippen LogP contribution in [0.2, 0.25) is 10.0 Å². The SMILES string of the molecule is CCOc1cc(/C=N\NC(=S)Nc2cccc(C)c2)ccc1OC(=O)c1ccc(Cl)cc1Cl. The van der Waals surface area contributed by atoms with Gasteiger partial charge >= 0.3 is 5.97 Å². The number of ether oxygens (including phenoxy) is 2. The van der Waals surface area contributed by atoms with Crippen molar-refractivity contribution in [3.05, 3.63) is 87.4 Å². The van der Waals surface area contributed by atoms with Gasteiger partial charge in [-0.1, -0.05) is 35.3 Å². The molecule has 0 aromatic heterocycles. The second-order valence-electron chi connectivity index (χ2n) is 6.85. The van der Waals surface area contributed by atoms with E-state index in [0.717, 1.165) is 11.3 Å². The van der Waals surface area contributed by atoms with Gasteiger partial charge in [0.25, 0.3) is 0 Å². The molecule has 170 valence electrons. The number of hydrogen-bond donors (Lipinski definition) is 2. The summed E-state index contributed by atoms with van der Waals surface area (Å²) in [6.45, 7) is 4.22. The number of halogens is 2. The summed E-state index contributed by atoms with van der Waals surface area (Å²) in [5, 5.41) is 8.19. The van der Waals surface area contributed by atoms with Gasteiger partial charge in [-0.15, -0.1) is 0 Å². The van der Waals surface area contributed by atoms with Crippen molar-refractivity contribution in [3.63, 3.8) is 0 Å². The van der Waals surface area contributed by atoms with E-state index in [1.54, 1.807) is 30.5 Å². The molecule has 6 nitrogen and oxygen atoms in total. The van der Waals surface area contributed by atoms with Gasteiger partial charge in [0, 0.05) is 10.7 Å². The lowest BCUT2D eigenvalue weighted by atomic mass is 10.2. The number of aryl methyl sites for hydroxylation is 1. The van der Waals surface area contributed by atoms with Crippen molar-refractivity contribution in [3.8, 4) is 11.5 Å². The third kappa shape index (κ3) is 7.18. The number of esters is 1. The Morgan fingerprint density at radius 1 is 1.09 bits per heavy atom. The average molecular weight is 502 g/mol. The van der Waals surface area contributed by atoms with Crippen LogP contribution in [-0.2, 0) is 0 Å². The van der Waals surface area contributed by atoms with E-state index in [-0.39, 0.29) is 16.3 Å². The molecule has 0 bridgehead atoms. The Morgan fingerprint density at radius 3 is 2.64 bits per heavy atom. The molecule has 0 unspecified atom stereocenters. The zero-order chi connectivity index (χ0) is 23.8. The zero-order valence-electron chi connectivity index (χ0n) is 17.9. The number of rotatable bonds is 7. The van der Waals surface area contributed by atoms with Gasteiger partial charge < -0.3 is 14.8 Å². The minimum atomic E-state index is -0.617. The van der Waals surface area contributed by atoms with Gasteiger partial charge in [0.1, 0.15) is 0 Å². The Kier molecular flexibility index (Phi) is 8.65. The highest BCUT2D eigenvalue weighted by Gasteiger charge is 2.16. The predicted octanol–water partition coefficient (Wildman–Crippen LogP) is 6.24. The molecule has 9 heteroatoms. The van der Waals surface area contributed by atoms with Crippen LogP contribution >= 0.6 is 35.4 Å². The average Bonchev–Trinajstić information content (AvgIpc) is 2.75. The van der Waals surface area contributed by atoms with Gasteiger partial charge in [0.2, 0.25) is 0 Å². The first-order valence-electron chi connectivity index (χ1n) is 9.96. The number of hydrazone groups is 1. The lowest BCUT2D eigenvalue weighted by Gasteiger charge is -2.12. The van der Waals surface area contributed by atoms with Crippen LogP contribution in [0.25, 0.3) is 0 Å². The third-order valence-electron chi connectivity index (χ3n) is 4.28. The van der Waals surface area contributed by atoms with E-state index in [1.165, 1.54) is 12.1 Å². The quantitative estimate of drug-likeness (QED) is 0.131. The van der Waals surface area contributed by atoms with Gasteiger partial charge in [-0.25, -0.2) is 4.79 Å². The standard InChI is InChI=1S/C24H21Cl2N3O3S/c1-3-31-22-12-16(14-27-29-24(33)28-18-6-4-5-15(2)11-18)7-10-21(22)32-23(30)19-9-8-17(25)13-20(19)26/h4-14H,3H2,1-2H3,(H2,28,29,33)/b27-14-. The summed E-state index contributed by atoms with van der Waals surface area (Å²) in [6, 6.07) is 17.4. The maximum Gasteiger partial charge on any atom is 0.345 e. The lowest BCUT2D eigenvalue weighted by molar-refractivity contribution is 0.0728. The van der Waals surface area contributed by atoms with Gasteiger partial charge in [-0.2, -0.15) is 5.10 Å². The topological polar surface area (TPSA) is 71.9 Å². The number of nitrogens with one attached hydrogen (secondary N) is 2. The molecular formula is C24H21Cl2N3O3S. The maximum absolute atomic E-state index is 12.5. The van der Waals surface area contributed by atoms with Crippen molar-refractivity contribution in [1.29, 1.82) is 0 Å². The summed E-state index contributed by atoms with van der Waals surface area (Å²) < 4.78 is 11.1. The summed E-state index contributed by atoms with van der Waals surface area (Å²) in [5.74, 6) is 0.0308. The predicted molar refractivity (Wildman–Crippen MR) is 137 cm³/mol. The van der Waals surface area contributed by atoms with Crippen LogP contribution in [0.3, 0.4) is 0 Å². The largest absolute Gasteiger partial charge is 0.490 e. The fourth-order valence-electron chi connectivity index (χ4n) is 2.81. The van der Waals surface area contributed by atoms with Crippen LogP contribution < -0.4 is 20.2 Å². The van der Waals surface area contributed by atoms with Gasteiger partial charge in [0.05, 0.1) is 23.4 Å². The highest BCUT2D eigenvalue weighted by Crippen LogP contribution is 2.30. The van der Waals surface area contributed by atoms with Crippen LogP contribution in [-0.4, -0.2) is 23.9 Å². The van der Waals surface area contributed by atoms with Gasteiger partial charge in [-0.3, -0.25) is 5.43 Å². The summed E-state index contributed by atoms with van der Waals surface area (Å²) >= 11 is 17.2. The van der Waals surface area contributed by atoms with Crippen molar-refractivity contribution in [2.75, 3.05) is 11.9 Å². The third-order valence-corrected chi connectivity index (χ3v) is 5.02. The summed E-state index contributed by atoms with van der Waals surface area (Å²) in [5.41, 5.74) is 5.67. The summed E-state index contributed by atoms with van der Waals surface area (Å²) in [6.07, 6.45) is 1.58. The number of benzene rings is 3. The molecule has 0 fully saturated rings. The van der Waals surface area contributed by atoms with Crippen molar-refractivity contribution in [2.45, 2.75) is 13.8 Å². The van der Waals surface area contributed by atoms with Gasteiger partial charge in [0.15, 0.2) is 16.6 Å². The van der Waals surface area contributed by atoms with Crippen LogP contribution in [0.4, 0.5) is 5.69 Å². The van der Waals surface area contributed by atoms with E-state index in [0.29, 0.717) is 28.1 Å². The van der Waals surface area contributed by atoms with Crippen molar-refractivity contribution >= 4 is 58.4 Å². The van der Waals surface area contributed by atoms with E-state index in [2.05, 4.69) is 15.8 Å². The molecule has 0 aliphatic carbocycles. The Labute approximate surface area is 207 Å². The van der Waals surface area contributed by atoms with E-state index in [9.17, 15) is 4.79 Å². The molecule has 3 aromatic rings. The Balaban J connectivity index is 1.67. The number of hydrogen-bond acceptors (Lipinski definition) is 5. The highest BCUT2D eigenvalue weighted by molar-refractivity contribution is 7.80. The molecule has 3 aromatic carbocycles. The Bertz CT molecular complexity index is 1200. The Morgan fingerprint density at radius 2 is 1.91 bits per heavy atom. The minimum absolute atomic E-state index is 0.202. The maximum atomic E-state index is 12.5. The van der Waals surface area contributed by atoms with E-state index < -0.39 is 5.97 Å². The molecule has 0 atom stereocenters. The summed E-state index contributed by atoms with van der Waals surface area (Å²) in [4.78, 5) is 12.5. The fraction of sp³-hybridized carbons (Fsp3) is 0.125. The van der Waals surface area contributed by atoms with E-state index in [1.807, 2.05) is 38.1 Å². The van der Waals surface area contributed by atoms with Crippen LogP contribution in [0.5, 0.6) is 11.5 Å². The molecule has 0 aliphatic rings. The van der Waals surface area contributed by atoms with Crippen LogP contribution in [0.1, 0.15) is 28.4 Å². The number of anilines is 1. The zero-order valence-corrected chi connectivity index (χ0v) is 20.2. The molecule has 0 amide bonds. The minimum Gasteiger partial charge on any atom is -0.490 e. The molecule has 0 spiro atoms. The smallest absolute Gasteiger partial charge is 0.345 e. The lowest BCUT2D eigenvalue weighted by Crippen LogP contribution is -2.23. The first-order chi connectivity index (χ1) is 15.9. The molecule has 0 saturated heterocycles. The molecule has 33 heavy (non-hydrogen) atoms. The van der Waals surface area contributed by atoms with E-state index >= 15 is 0 Å². The summed E-state index contributed by atoms with van der Waals surface area (Å²) in [7, 11) is 0. The van der Waals surface area contributed by atoms with Gasteiger partial charge in [-0.05, 0) is 85.7 Å². The van der Waals surface area contributed by atoms with Crippen LogP contribution in [0, 0.1) is 6.92 Å². The molecule has 0 saturated carbocycles. The first kappa shape index (κ1) is 24.5. The normalized spacial score (nSPS) is 10.7. The molecule has 3 rings (SSSR count). The highest BCUT2D eigenvalue weighted by atomic mass is 35.5. The molecule has 2 N–H and O–H groups in total. The first-order valence-corrected chi connectivity index (χ1v) is 11.1. The number of carbonyl (C=O) groups excluding carboxylic acids is 1. The molecule has 0 heterocycles. The second-order valence-corrected chi connectivity index (χ2v) is 8.10. The Hall–Kier alpha value is -3.13. The number of thiocarbonyl (C=S) groups is 1. The van der Waals surface area contributed by atoms with Crippen molar-refractivity contribution in [2.24, 2.45) is 5.10 Å². The number of carbonyl (C=O) groups is 1. The van der Waals surface area contributed by atoms with Crippen LogP contribution in [0.15, 0.2) is 65.8 Å². The molecular weight excluding hydrogens is 481 g/mol. The monoisotopic (exact) mass is 501 g/mol. The second kappa shape index (κ2) is 11.7. The van der Waals surface area contributed by atoms with Crippen molar-refractivity contribution < 1.29 is 14.3 Å².